The molecule has 0 spiro atoms. The molecule has 2 atom stereocenters. The van der Waals surface area contributed by atoms with Gasteiger partial charge >= 0.3 is 0 Å². The van der Waals surface area contributed by atoms with E-state index in [0.717, 1.165) is 36.3 Å². The zero-order chi connectivity index (χ0) is 17.8. The van der Waals surface area contributed by atoms with Crippen molar-refractivity contribution in [2.24, 2.45) is 0 Å². The number of halogens is 2. The highest BCUT2D eigenvalue weighted by molar-refractivity contribution is 5.42. The maximum Gasteiger partial charge on any atom is 0.131 e. The summed E-state index contributed by atoms with van der Waals surface area (Å²) in [5.74, 6) is -0.0414. The minimum absolute atomic E-state index is 0.0270. The van der Waals surface area contributed by atoms with Gasteiger partial charge in [0.05, 0.1) is 25.4 Å². The van der Waals surface area contributed by atoms with Crippen LogP contribution in [0.4, 0.5) is 8.78 Å². The standard InChI is InChI=1S/C19H21F2NO3/c1-24-12-7-8-18-13(10-12)16(6-3-9-25-18)22-11-17(23)19-14(20)4-2-5-15(19)21/h2,4-5,7-8,10,16-17,22-23H,3,6,9,11H2,1H3. The average Bonchev–Trinajstić information content (AvgIpc) is 2.81. The summed E-state index contributed by atoms with van der Waals surface area (Å²) in [6.45, 7) is 0.626. The van der Waals surface area contributed by atoms with Gasteiger partial charge in [-0.15, -0.1) is 0 Å². The second-order valence-electron chi connectivity index (χ2n) is 6.01. The molecular weight excluding hydrogens is 328 g/mol. The third kappa shape index (κ3) is 3.91. The number of rotatable bonds is 5. The normalized spacial score (nSPS) is 18.0. The van der Waals surface area contributed by atoms with Crippen LogP contribution in [0.15, 0.2) is 36.4 Å². The minimum atomic E-state index is -1.28. The van der Waals surface area contributed by atoms with E-state index in [0.29, 0.717) is 12.4 Å². The second kappa shape index (κ2) is 7.80. The Bertz CT molecular complexity index is 718. The Morgan fingerprint density at radius 3 is 2.76 bits per heavy atom. The topological polar surface area (TPSA) is 50.7 Å². The number of fused-ring (bicyclic) bond motifs is 1. The van der Waals surface area contributed by atoms with Gasteiger partial charge in [0, 0.05) is 18.2 Å². The van der Waals surface area contributed by atoms with Crippen LogP contribution >= 0.6 is 0 Å². The SMILES string of the molecule is COc1ccc2c(c1)C(NCC(O)c1c(F)cccc1F)CCCO2. The maximum atomic E-state index is 13.8. The molecular formula is C19H21F2NO3. The highest BCUT2D eigenvalue weighted by Gasteiger charge is 2.23. The summed E-state index contributed by atoms with van der Waals surface area (Å²) in [7, 11) is 1.59. The predicted octanol–water partition coefficient (Wildman–Crippen LogP) is 3.51. The molecule has 0 aromatic heterocycles. The van der Waals surface area contributed by atoms with E-state index in [9.17, 15) is 13.9 Å². The van der Waals surface area contributed by atoms with Crippen LogP contribution in [0.1, 0.15) is 36.1 Å². The Kier molecular flexibility index (Phi) is 5.50. The van der Waals surface area contributed by atoms with E-state index in [4.69, 9.17) is 9.47 Å². The molecule has 0 aliphatic carbocycles. The lowest BCUT2D eigenvalue weighted by Gasteiger charge is -2.21. The van der Waals surface area contributed by atoms with E-state index in [2.05, 4.69) is 5.32 Å². The summed E-state index contributed by atoms with van der Waals surface area (Å²) in [4.78, 5) is 0. The number of aliphatic hydroxyl groups excluding tert-OH is 1. The molecule has 2 aromatic rings. The molecule has 1 aliphatic heterocycles. The summed E-state index contributed by atoms with van der Waals surface area (Å²) in [5, 5.41) is 13.4. The van der Waals surface area contributed by atoms with Gasteiger partial charge in [-0.25, -0.2) is 8.78 Å². The Morgan fingerprint density at radius 2 is 2.04 bits per heavy atom. The first kappa shape index (κ1) is 17.6. The van der Waals surface area contributed by atoms with Crippen molar-refractivity contribution in [3.8, 4) is 11.5 Å². The number of nitrogens with one attached hydrogen (secondary N) is 1. The van der Waals surface area contributed by atoms with Crippen LogP contribution in [0.3, 0.4) is 0 Å². The van der Waals surface area contributed by atoms with Crippen LogP contribution < -0.4 is 14.8 Å². The first-order valence-corrected chi connectivity index (χ1v) is 8.26. The van der Waals surface area contributed by atoms with E-state index >= 15 is 0 Å². The van der Waals surface area contributed by atoms with Gasteiger partial charge in [0.1, 0.15) is 23.1 Å². The lowest BCUT2D eigenvalue weighted by Crippen LogP contribution is -2.27. The molecule has 134 valence electrons. The molecule has 0 radical (unpaired) electrons. The minimum Gasteiger partial charge on any atom is -0.497 e. The third-order valence-electron chi connectivity index (χ3n) is 4.38. The number of hydrogen-bond acceptors (Lipinski definition) is 4. The quantitative estimate of drug-likeness (QED) is 0.867. The van der Waals surface area contributed by atoms with E-state index in [1.165, 1.54) is 6.07 Å². The number of ether oxygens (including phenoxy) is 2. The molecule has 0 bridgehead atoms. The first-order valence-electron chi connectivity index (χ1n) is 8.26. The molecule has 0 saturated heterocycles. The highest BCUT2D eigenvalue weighted by atomic mass is 19.1. The molecule has 0 saturated carbocycles. The second-order valence-corrected chi connectivity index (χ2v) is 6.01. The van der Waals surface area contributed by atoms with Crippen LogP contribution in [-0.4, -0.2) is 25.4 Å². The van der Waals surface area contributed by atoms with Crippen molar-refractivity contribution in [1.29, 1.82) is 0 Å². The van der Waals surface area contributed by atoms with Crippen molar-refractivity contribution in [3.63, 3.8) is 0 Å². The molecule has 25 heavy (non-hydrogen) atoms. The Morgan fingerprint density at radius 1 is 1.28 bits per heavy atom. The van der Waals surface area contributed by atoms with Gasteiger partial charge in [-0.2, -0.15) is 0 Å². The number of aliphatic hydroxyl groups is 1. The van der Waals surface area contributed by atoms with E-state index < -0.39 is 17.7 Å². The van der Waals surface area contributed by atoms with Crippen molar-refractivity contribution in [2.75, 3.05) is 20.3 Å². The molecule has 1 aliphatic rings. The van der Waals surface area contributed by atoms with Crippen LogP contribution in [0, 0.1) is 11.6 Å². The third-order valence-corrected chi connectivity index (χ3v) is 4.38. The summed E-state index contributed by atoms with van der Waals surface area (Å²) in [6, 6.07) is 9.01. The smallest absolute Gasteiger partial charge is 0.131 e. The van der Waals surface area contributed by atoms with Crippen molar-refractivity contribution >= 4 is 0 Å². The Balaban J connectivity index is 1.77. The van der Waals surface area contributed by atoms with Crippen molar-refractivity contribution in [3.05, 3.63) is 59.2 Å². The Labute approximate surface area is 145 Å². The molecule has 2 N–H and O–H groups in total. The largest absolute Gasteiger partial charge is 0.497 e. The monoisotopic (exact) mass is 349 g/mol. The van der Waals surface area contributed by atoms with Gasteiger partial charge in [0.15, 0.2) is 0 Å². The number of hydrogen-bond donors (Lipinski definition) is 2. The van der Waals surface area contributed by atoms with E-state index in [1.54, 1.807) is 7.11 Å². The van der Waals surface area contributed by atoms with E-state index in [1.807, 2.05) is 18.2 Å². The molecule has 1 heterocycles. The van der Waals surface area contributed by atoms with E-state index in [-0.39, 0.29) is 18.2 Å². The first-order chi connectivity index (χ1) is 12.1. The van der Waals surface area contributed by atoms with Crippen molar-refractivity contribution in [2.45, 2.75) is 25.0 Å². The molecule has 2 aromatic carbocycles. The summed E-state index contributed by atoms with van der Waals surface area (Å²) >= 11 is 0. The van der Waals surface area contributed by atoms with Gasteiger partial charge in [-0.1, -0.05) is 6.07 Å². The van der Waals surface area contributed by atoms with Gasteiger partial charge in [-0.05, 0) is 43.2 Å². The summed E-state index contributed by atoms with van der Waals surface area (Å²) in [5.41, 5.74) is 0.601. The highest BCUT2D eigenvalue weighted by Crippen LogP contribution is 2.34. The van der Waals surface area contributed by atoms with Crippen LogP contribution in [0.25, 0.3) is 0 Å². The summed E-state index contributed by atoms with van der Waals surface area (Å²) in [6.07, 6.45) is 0.338. The zero-order valence-corrected chi connectivity index (χ0v) is 14.0. The van der Waals surface area contributed by atoms with Crippen LogP contribution in [0.2, 0.25) is 0 Å². The summed E-state index contributed by atoms with van der Waals surface area (Å²) < 4.78 is 38.6. The van der Waals surface area contributed by atoms with Gasteiger partial charge < -0.3 is 19.9 Å². The molecule has 0 amide bonds. The van der Waals surface area contributed by atoms with Gasteiger partial charge in [0.2, 0.25) is 0 Å². The van der Waals surface area contributed by atoms with Gasteiger partial charge in [0.25, 0.3) is 0 Å². The fraction of sp³-hybridized carbons (Fsp3) is 0.368. The lowest BCUT2D eigenvalue weighted by molar-refractivity contribution is 0.159. The van der Waals surface area contributed by atoms with Crippen LogP contribution in [-0.2, 0) is 0 Å². The average molecular weight is 349 g/mol. The van der Waals surface area contributed by atoms with Crippen LogP contribution in [0.5, 0.6) is 11.5 Å². The fourth-order valence-electron chi connectivity index (χ4n) is 3.08. The zero-order valence-electron chi connectivity index (χ0n) is 14.0. The molecule has 0 fully saturated rings. The van der Waals surface area contributed by atoms with Crippen molar-refractivity contribution in [1.82, 2.24) is 5.32 Å². The Hall–Kier alpha value is -2.18. The number of benzene rings is 2. The molecule has 2 unspecified atom stereocenters. The number of methoxy groups -OCH3 is 1. The molecule has 6 heteroatoms. The molecule has 4 nitrogen and oxygen atoms in total. The predicted molar refractivity (Wildman–Crippen MR) is 89.8 cm³/mol. The maximum absolute atomic E-state index is 13.8. The lowest BCUT2D eigenvalue weighted by atomic mass is 10.0. The molecule has 3 rings (SSSR count). The van der Waals surface area contributed by atoms with Crippen molar-refractivity contribution < 1.29 is 23.4 Å². The fourth-order valence-corrected chi connectivity index (χ4v) is 3.08. The van der Waals surface area contributed by atoms with Gasteiger partial charge in [-0.3, -0.25) is 0 Å².